The third-order valence-corrected chi connectivity index (χ3v) is 8.95. The Kier molecular flexibility index (Phi) is 12.6. The summed E-state index contributed by atoms with van der Waals surface area (Å²) < 4.78 is 54.6. The number of amides is 1. The molecule has 3 aromatic rings. The maximum absolute atomic E-state index is 13.6. The number of carboxylic acid groups (broad SMARTS) is 1. The van der Waals surface area contributed by atoms with Gasteiger partial charge in [0.1, 0.15) is 11.5 Å². The van der Waals surface area contributed by atoms with Crippen LogP contribution in [0.15, 0.2) is 71.6 Å². The van der Waals surface area contributed by atoms with Crippen LogP contribution < -0.4 is 24.3 Å². The lowest BCUT2D eigenvalue weighted by molar-refractivity contribution is -0.384. The van der Waals surface area contributed by atoms with E-state index in [2.05, 4.69) is 5.32 Å². The zero-order valence-corrected chi connectivity index (χ0v) is 27.5. The van der Waals surface area contributed by atoms with Gasteiger partial charge in [-0.25, -0.2) is 18.0 Å². The molecule has 1 heterocycles. The Bertz CT molecular complexity index is 1700. The van der Waals surface area contributed by atoms with Gasteiger partial charge in [0.05, 0.1) is 35.2 Å². The van der Waals surface area contributed by atoms with Crippen molar-refractivity contribution in [2.24, 2.45) is 5.92 Å². The lowest BCUT2D eigenvalue weighted by Gasteiger charge is -2.30. The second kappa shape index (κ2) is 16.8. The van der Waals surface area contributed by atoms with Gasteiger partial charge in [0.25, 0.3) is 5.69 Å². The maximum atomic E-state index is 13.6. The number of ether oxygens (including phenoxy) is 5. The van der Waals surface area contributed by atoms with E-state index in [1.807, 2.05) is 13.8 Å². The molecular formula is C32H37N3O13S. The number of nitrogens with zero attached hydrogens (tertiary/aromatic N) is 2. The second-order valence-corrected chi connectivity index (χ2v) is 13.3. The smallest absolute Gasteiger partial charge is 0.493 e. The van der Waals surface area contributed by atoms with Crippen molar-refractivity contribution in [2.45, 2.75) is 43.7 Å². The van der Waals surface area contributed by atoms with Gasteiger partial charge in [-0.1, -0.05) is 26.0 Å². The molecule has 1 aliphatic rings. The molecule has 4 rings (SSSR count). The van der Waals surface area contributed by atoms with Gasteiger partial charge in [0.15, 0.2) is 11.5 Å². The fourth-order valence-electron chi connectivity index (χ4n) is 4.78. The SMILES string of the molecule is CC(C)CN(CC(O)C(Cc1ccc(OCCCOC(=O)Oc2ccc([N+](=O)[O-])cc2)cc1)NC(=O)O)S(=O)(=O)c1ccc2c(c1)OCO2. The number of benzene rings is 3. The topological polar surface area (TPSA) is 213 Å². The molecule has 2 atom stereocenters. The zero-order valence-electron chi connectivity index (χ0n) is 26.7. The van der Waals surface area contributed by atoms with Gasteiger partial charge in [-0.3, -0.25) is 10.1 Å². The molecule has 3 aromatic carbocycles. The van der Waals surface area contributed by atoms with E-state index in [-0.39, 0.29) is 61.8 Å². The van der Waals surface area contributed by atoms with Gasteiger partial charge in [-0.2, -0.15) is 4.31 Å². The van der Waals surface area contributed by atoms with E-state index in [0.717, 1.165) is 4.31 Å². The van der Waals surface area contributed by atoms with Crippen LogP contribution in [0.4, 0.5) is 15.3 Å². The second-order valence-electron chi connectivity index (χ2n) is 11.4. The molecule has 17 heteroatoms. The van der Waals surface area contributed by atoms with Crippen molar-refractivity contribution in [1.29, 1.82) is 0 Å². The van der Waals surface area contributed by atoms with E-state index < -0.39 is 39.3 Å². The molecule has 0 bridgehead atoms. The van der Waals surface area contributed by atoms with E-state index in [9.17, 15) is 38.3 Å². The molecule has 3 N–H and O–H groups in total. The average Bonchev–Trinajstić information content (AvgIpc) is 3.53. The summed E-state index contributed by atoms with van der Waals surface area (Å²) in [5.41, 5.74) is 0.507. The highest BCUT2D eigenvalue weighted by atomic mass is 32.2. The Hall–Kier alpha value is -5.13. The summed E-state index contributed by atoms with van der Waals surface area (Å²) in [6.45, 7) is 3.52. The average molecular weight is 704 g/mol. The van der Waals surface area contributed by atoms with Gasteiger partial charge in [0, 0.05) is 37.7 Å². The van der Waals surface area contributed by atoms with Crippen molar-refractivity contribution in [3.63, 3.8) is 0 Å². The van der Waals surface area contributed by atoms with Crippen LogP contribution >= 0.6 is 0 Å². The first-order chi connectivity index (χ1) is 23.3. The van der Waals surface area contributed by atoms with Gasteiger partial charge in [-0.05, 0) is 54.3 Å². The van der Waals surface area contributed by atoms with Gasteiger partial charge < -0.3 is 39.2 Å². The van der Waals surface area contributed by atoms with Crippen molar-refractivity contribution in [3.8, 4) is 23.0 Å². The summed E-state index contributed by atoms with van der Waals surface area (Å²) in [5.74, 6) is 1.19. The van der Waals surface area contributed by atoms with E-state index in [1.165, 1.54) is 42.5 Å². The minimum atomic E-state index is -4.10. The molecule has 16 nitrogen and oxygen atoms in total. The molecule has 2 unspecified atom stereocenters. The minimum absolute atomic E-state index is 0.0114. The Morgan fingerprint density at radius 3 is 2.31 bits per heavy atom. The molecule has 1 aliphatic heterocycles. The number of hydrogen-bond donors (Lipinski definition) is 3. The molecule has 1 amide bonds. The summed E-state index contributed by atoms with van der Waals surface area (Å²) >= 11 is 0. The van der Waals surface area contributed by atoms with Crippen molar-refractivity contribution in [1.82, 2.24) is 9.62 Å². The summed E-state index contributed by atoms with van der Waals surface area (Å²) in [6, 6.07) is 14.8. The summed E-state index contributed by atoms with van der Waals surface area (Å²) in [7, 11) is -4.10. The predicted molar refractivity (Wildman–Crippen MR) is 172 cm³/mol. The number of fused-ring (bicyclic) bond motifs is 1. The Balaban J connectivity index is 1.29. The molecule has 264 valence electrons. The van der Waals surface area contributed by atoms with Crippen LogP contribution in [0.3, 0.4) is 0 Å². The predicted octanol–water partition coefficient (Wildman–Crippen LogP) is 4.19. The Morgan fingerprint density at radius 1 is 0.980 bits per heavy atom. The van der Waals surface area contributed by atoms with Crippen LogP contribution in [0.5, 0.6) is 23.0 Å². The first kappa shape index (κ1) is 36.7. The molecule has 0 aliphatic carbocycles. The molecule has 0 spiro atoms. The molecule has 0 saturated heterocycles. The molecule has 0 aromatic heterocycles. The highest BCUT2D eigenvalue weighted by Crippen LogP contribution is 2.35. The van der Waals surface area contributed by atoms with E-state index in [0.29, 0.717) is 29.2 Å². The van der Waals surface area contributed by atoms with Crippen molar-refractivity contribution < 1.29 is 56.8 Å². The lowest BCUT2D eigenvalue weighted by atomic mass is 10.0. The van der Waals surface area contributed by atoms with Crippen LogP contribution in [0, 0.1) is 16.0 Å². The number of nitro groups is 1. The fraction of sp³-hybridized carbons (Fsp3) is 0.375. The Labute approximate surface area is 282 Å². The number of aliphatic hydroxyl groups is 1. The van der Waals surface area contributed by atoms with Gasteiger partial charge in [0.2, 0.25) is 16.8 Å². The minimum Gasteiger partial charge on any atom is -0.493 e. The van der Waals surface area contributed by atoms with Crippen LogP contribution in [0.25, 0.3) is 0 Å². The Morgan fingerprint density at radius 2 is 1.65 bits per heavy atom. The first-order valence-electron chi connectivity index (χ1n) is 15.2. The first-order valence-corrected chi connectivity index (χ1v) is 16.6. The van der Waals surface area contributed by atoms with Crippen LogP contribution in [0.1, 0.15) is 25.8 Å². The number of carbonyl (C=O) groups excluding carboxylic acids is 1. The normalized spacial score (nSPS) is 13.5. The highest BCUT2D eigenvalue weighted by molar-refractivity contribution is 7.89. The summed E-state index contributed by atoms with van der Waals surface area (Å²) in [5, 5.41) is 33.7. The number of non-ortho nitro benzene ring substituents is 1. The number of nitro benzene ring substituents is 1. The molecule has 0 saturated carbocycles. The van der Waals surface area contributed by atoms with Crippen molar-refractivity contribution >= 4 is 28.0 Å². The molecule has 0 fully saturated rings. The lowest BCUT2D eigenvalue weighted by Crippen LogP contribution is -2.50. The van der Waals surface area contributed by atoms with Crippen molar-refractivity contribution in [3.05, 3.63) is 82.4 Å². The van der Waals surface area contributed by atoms with Crippen LogP contribution in [0.2, 0.25) is 0 Å². The number of nitrogens with one attached hydrogen (secondary N) is 1. The van der Waals surface area contributed by atoms with E-state index in [4.69, 9.17) is 23.7 Å². The van der Waals surface area contributed by atoms with Crippen molar-refractivity contribution in [2.75, 3.05) is 33.1 Å². The quantitative estimate of drug-likeness (QED) is 0.0592. The molecule has 49 heavy (non-hydrogen) atoms. The van der Waals surface area contributed by atoms with E-state index in [1.54, 1.807) is 24.3 Å². The number of aliphatic hydroxyl groups excluding tert-OH is 1. The standard InChI is InChI=1S/C32H37N3O13S/c1-21(2)18-34(49(42,43)26-12-13-29-30(17-26)47-20-46-29)19-28(36)27(33-31(37)38)16-22-4-8-24(9-5-22)44-14-3-15-45-32(39)48-25-10-6-23(7-11-25)35(40)41/h4-13,17,21,27-28,33,36H,3,14-16,18-20H2,1-2H3,(H,37,38). The highest BCUT2D eigenvalue weighted by Gasteiger charge is 2.32. The van der Waals surface area contributed by atoms with Gasteiger partial charge in [-0.15, -0.1) is 0 Å². The summed E-state index contributed by atoms with van der Waals surface area (Å²) in [6.07, 6.45) is -3.37. The van der Waals surface area contributed by atoms with E-state index >= 15 is 0 Å². The zero-order chi connectivity index (χ0) is 35.6. The summed E-state index contributed by atoms with van der Waals surface area (Å²) in [4.78, 5) is 33.6. The number of carbonyl (C=O) groups is 2. The molecular weight excluding hydrogens is 666 g/mol. The fourth-order valence-corrected chi connectivity index (χ4v) is 6.42. The molecule has 0 radical (unpaired) electrons. The largest absolute Gasteiger partial charge is 0.513 e. The van der Waals surface area contributed by atoms with Crippen LogP contribution in [-0.2, 0) is 21.2 Å². The third kappa shape index (κ3) is 10.7. The van der Waals surface area contributed by atoms with Gasteiger partial charge >= 0.3 is 12.2 Å². The number of sulfonamides is 1. The van der Waals surface area contributed by atoms with Crippen LogP contribution in [-0.4, -0.2) is 85.4 Å². The number of hydrogen-bond acceptors (Lipinski definition) is 12. The maximum Gasteiger partial charge on any atom is 0.513 e. The third-order valence-electron chi connectivity index (χ3n) is 7.12. The number of rotatable bonds is 17. The monoisotopic (exact) mass is 703 g/mol.